The number of carbonyl (C=O) groups is 2. The third-order valence-electron chi connectivity index (χ3n) is 7.91. The Morgan fingerprint density at radius 1 is 0.523 bits per heavy atom. The van der Waals surface area contributed by atoms with E-state index in [0.717, 1.165) is 51.4 Å². The average Bonchev–Trinajstić information content (AvgIpc) is 3.02. The van der Waals surface area contributed by atoms with Crippen molar-refractivity contribution in [1.82, 2.24) is 0 Å². The predicted octanol–water partition coefficient (Wildman–Crippen LogP) is 11.3. The molecule has 0 aromatic heterocycles. The van der Waals surface area contributed by atoms with Crippen LogP contribution in [0.25, 0.3) is 0 Å². The van der Waals surface area contributed by atoms with Gasteiger partial charge in [0.15, 0.2) is 6.10 Å². The van der Waals surface area contributed by atoms with Gasteiger partial charge in [-0.2, -0.15) is 0 Å². The molecule has 0 aromatic carbocycles. The highest BCUT2D eigenvalue weighted by Crippen LogP contribution is 2.12. The molecule has 0 saturated carbocycles. The van der Waals surface area contributed by atoms with Crippen molar-refractivity contribution in [1.29, 1.82) is 0 Å². The molecule has 0 unspecified atom stereocenters. The Balaban J connectivity index is 3.60. The molecular formula is C39H70O5. The van der Waals surface area contributed by atoms with Gasteiger partial charge < -0.3 is 14.6 Å². The van der Waals surface area contributed by atoms with Crippen LogP contribution in [0.2, 0.25) is 0 Å². The van der Waals surface area contributed by atoms with Gasteiger partial charge in [0, 0.05) is 12.8 Å². The van der Waals surface area contributed by atoms with Crippen molar-refractivity contribution in [2.24, 2.45) is 0 Å². The smallest absolute Gasteiger partial charge is 0.306 e. The topological polar surface area (TPSA) is 72.8 Å². The van der Waals surface area contributed by atoms with Crippen LogP contribution in [0, 0.1) is 0 Å². The number of hydrogen-bond donors (Lipinski definition) is 1. The Bertz CT molecular complexity index is 711. The molecule has 5 heteroatoms. The molecule has 0 radical (unpaired) electrons. The summed E-state index contributed by atoms with van der Waals surface area (Å²) < 4.78 is 10.6. The fourth-order valence-electron chi connectivity index (χ4n) is 5.05. The summed E-state index contributed by atoms with van der Waals surface area (Å²) in [5, 5.41) is 9.53. The van der Waals surface area contributed by atoms with Crippen molar-refractivity contribution < 1.29 is 24.2 Å². The van der Waals surface area contributed by atoms with Crippen LogP contribution in [-0.4, -0.2) is 36.4 Å². The van der Waals surface area contributed by atoms with Gasteiger partial charge in [-0.3, -0.25) is 9.59 Å². The highest BCUT2D eigenvalue weighted by molar-refractivity contribution is 5.70. The monoisotopic (exact) mass is 619 g/mol. The molecule has 0 heterocycles. The van der Waals surface area contributed by atoms with Gasteiger partial charge in [-0.05, 0) is 70.6 Å². The number of unbranched alkanes of at least 4 members (excludes halogenated alkanes) is 19. The van der Waals surface area contributed by atoms with E-state index in [1.54, 1.807) is 0 Å². The van der Waals surface area contributed by atoms with E-state index in [1.807, 2.05) is 0 Å². The third kappa shape index (κ3) is 33.0. The van der Waals surface area contributed by atoms with Crippen LogP contribution in [0.4, 0.5) is 0 Å². The van der Waals surface area contributed by atoms with Crippen molar-refractivity contribution >= 4 is 11.9 Å². The van der Waals surface area contributed by atoms with Crippen LogP contribution < -0.4 is 0 Å². The molecule has 5 nitrogen and oxygen atoms in total. The Morgan fingerprint density at radius 2 is 0.909 bits per heavy atom. The number of esters is 2. The first-order valence-electron chi connectivity index (χ1n) is 18.5. The van der Waals surface area contributed by atoms with Crippen LogP contribution in [0.1, 0.15) is 181 Å². The van der Waals surface area contributed by atoms with E-state index < -0.39 is 6.10 Å². The standard InChI is InChI=1S/C39H70O5/c1-3-5-7-9-11-13-15-17-19-21-23-25-27-29-31-33-38(41)43-36-37(35-40)44-39(42)34-32-30-28-26-24-22-20-18-16-14-12-10-8-6-4-2/h12-15,18,20,37,40H,3-11,16-17,19,21-36H2,1-2H3/b14-12-,15-13-,20-18-/t37-/m0/s1. The van der Waals surface area contributed by atoms with Crippen LogP contribution in [0.5, 0.6) is 0 Å². The summed E-state index contributed by atoms with van der Waals surface area (Å²) in [5.74, 6) is -0.612. The summed E-state index contributed by atoms with van der Waals surface area (Å²) in [6.45, 7) is 4.07. The minimum absolute atomic E-state index is 0.0730. The maximum Gasteiger partial charge on any atom is 0.306 e. The maximum atomic E-state index is 12.1. The lowest BCUT2D eigenvalue weighted by Crippen LogP contribution is -2.28. The van der Waals surface area contributed by atoms with Crippen LogP contribution in [-0.2, 0) is 19.1 Å². The highest BCUT2D eigenvalue weighted by Gasteiger charge is 2.16. The molecule has 256 valence electrons. The van der Waals surface area contributed by atoms with E-state index in [9.17, 15) is 14.7 Å². The lowest BCUT2D eigenvalue weighted by Gasteiger charge is -2.15. The molecule has 0 fully saturated rings. The molecule has 0 aliphatic rings. The van der Waals surface area contributed by atoms with Gasteiger partial charge >= 0.3 is 11.9 Å². The molecular weight excluding hydrogens is 548 g/mol. The maximum absolute atomic E-state index is 12.1. The van der Waals surface area contributed by atoms with Crippen LogP contribution in [0.3, 0.4) is 0 Å². The molecule has 0 saturated heterocycles. The first-order valence-corrected chi connectivity index (χ1v) is 18.5. The fourth-order valence-corrected chi connectivity index (χ4v) is 5.05. The van der Waals surface area contributed by atoms with Crippen LogP contribution in [0.15, 0.2) is 36.5 Å². The molecule has 1 atom stereocenters. The van der Waals surface area contributed by atoms with E-state index in [-0.39, 0.29) is 25.2 Å². The fraction of sp³-hybridized carbons (Fsp3) is 0.795. The van der Waals surface area contributed by atoms with Crippen molar-refractivity contribution in [2.75, 3.05) is 13.2 Å². The normalized spacial score (nSPS) is 12.5. The van der Waals surface area contributed by atoms with E-state index in [2.05, 4.69) is 50.3 Å². The minimum atomic E-state index is -0.777. The van der Waals surface area contributed by atoms with Crippen LogP contribution >= 0.6 is 0 Å². The average molecular weight is 619 g/mol. The Kier molecular flexibility index (Phi) is 34.1. The molecule has 0 aliphatic heterocycles. The van der Waals surface area contributed by atoms with E-state index >= 15 is 0 Å². The number of ether oxygens (including phenoxy) is 2. The van der Waals surface area contributed by atoms with Gasteiger partial charge in [0.1, 0.15) is 6.61 Å². The quantitative estimate of drug-likeness (QED) is 0.0450. The molecule has 1 N–H and O–H groups in total. The molecule has 0 aromatic rings. The molecule has 0 amide bonds. The largest absolute Gasteiger partial charge is 0.462 e. The Hall–Kier alpha value is -1.88. The molecule has 0 spiro atoms. The number of aliphatic hydroxyl groups excluding tert-OH is 1. The van der Waals surface area contributed by atoms with E-state index in [1.165, 1.54) is 103 Å². The van der Waals surface area contributed by atoms with Gasteiger partial charge in [0.2, 0.25) is 0 Å². The number of rotatable bonds is 33. The summed E-state index contributed by atoms with van der Waals surface area (Å²) in [6.07, 6.45) is 41.9. The Labute approximate surface area is 272 Å². The summed E-state index contributed by atoms with van der Waals surface area (Å²) in [6, 6.07) is 0. The van der Waals surface area contributed by atoms with E-state index in [0.29, 0.717) is 12.8 Å². The summed E-state index contributed by atoms with van der Waals surface area (Å²) >= 11 is 0. The molecule has 44 heavy (non-hydrogen) atoms. The number of hydrogen-bond acceptors (Lipinski definition) is 5. The highest BCUT2D eigenvalue weighted by atomic mass is 16.6. The van der Waals surface area contributed by atoms with Gasteiger partial charge in [0.25, 0.3) is 0 Å². The summed E-state index contributed by atoms with van der Waals surface area (Å²) in [5.41, 5.74) is 0. The molecule has 0 bridgehead atoms. The van der Waals surface area contributed by atoms with Gasteiger partial charge in [-0.25, -0.2) is 0 Å². The number of allylic oxidation sites excluding steroid dienone is 6. The van der Waals surface area contributed by atoms with Crippen molar-refractivity contribution in [3.63, 3.8) is 0 Å². The number of carbonyl (C=O) groups excluding carboxylic acids is 2. The lowest BCUT2D eigenvalue weighted by molar-refractivity contribution is -0.161. The third-order valence-corrected chi connectivity index (χ3v) is 7.91. The van der Waals surface area contributed by atoms with Gasteiger partial charge in [-0.1, -0.05) is 134 Å². The minimum Gasteiger partial charge on any atom is -0.462 e. The zero-order valence-electron chi connectivity index (χ0n) is 28.9. The van der Waals surface area contributed by atoms with Crippen molar-refractivity contribution in [3.8, 4) is 0 Å². The first-order chi connectivity index (χ1) is 21.6. The molecule has 0 rings (SSSR count). The van der Waals surface area contributed by atoms with E-state index in [4.69, 9.17) is 9.47 Å². The molecule has 0 aliphatic carbocycles. The second-order valence-electron chi connectivity index (χ2n) is 12.3. The predicted molar refractivity (Wildman–Crippen MR) is 187 cm³/mol. The van der Waals surface area contributed by atoms with Gasteiger partial charge in [0.05, 0.1) is 6.61 Å². The number of aliphatic hydroxyl groups is 1. The zero-order valence-corrected chi connectivity index (χ0v) is 28.9. The lowest BCUT2D eigenvalue weighted by atomic mass is 10.1. The Morgan fingerprint density at radius 3 is 1.41 bits per heavy atom. The summed E-state index contributed by atoms with van der Waals surface area (Å²) in [4.78, 5) is 24.2. The zero-order chi connectivity index (χ0) is 32.2. The van der Waals surface area contributed by atoms with Crippen molar-refractivity contribution in [2.45, 2.75) is 187 Å². The summed E-state index contributed by atoms with van der Waals surface area (Å²) in [7, 11) is 0. The second-order valence-corrected chi connectivity index (χ2v) is 12.3. The SMILES string of the molecule is CCCCC/C=C\C/C=C\CCCCCCCC(=O)O[C@@H](CO)COC(=O)CCCCCCCCC/C=C\CCCCCC. The van der Waals surface area contributed by atoms with Gasteiger partial charge in [-0.15, -0.1) is 0 Å². The second kappa shape index (κ2) is 35.6. The first kappa shape index (κ1) is 42.1. The van der Waals surface area contributed by atoms with Crippen molar-refractivity contribution in [3.05, 3.63) is 36.5 Å².